The maximum Gasteiger partial charge on any atom is 0.186 e. The van der Waals surface area contributed by atoms with Gasteiger partial charge in [0.15, 0.2) is 18.9 Å². The van der Waals surface area contributed by atoms with Crippen molar-refractivity contribution in [3.05, 3.63) is 150 Å². The minimum absolute atomic E-state index is 0.0125. The number of benzene rings is 4. The molecule has 15 atom stereocenters. The molecule has 7 aromatic rings. The number of fused-ring (bicyclic) bond motifs is 8. The van der Waals surface area contributed by atoms with Gasteiger partial charge in [0.2, 0.25) is 0 Å². The molecular formula is C68H72N4O21. The van der Waals surface area contributed by atoms with Crippen LogP contribution in [-0.4, -0.2) is 233 Å². The highest BCUT2D eigenvalue weighted by molar-refractivity contribution is 6.00. The van der Waals surface area contributed by atoms with Gasteiger partial charge in [-0.3, -0.25) is 0 Å². The predicted molar refractivity (Wildman–Crippen MR) is 336 cm³/mol. The average molecular weight is 1280 g/mol. The Morgan fingerprint density at radius 2 is 0.602 bits per heavy atom. The van der Waals surface area contributed by atoms with Gasteiger partial charge < -0.3 is 114 Å². The van der Waals surface area contributed by atoms with Crippen molar-refractivity contribution in [3.8, 4) is 61.8 Å². The first-order chi connectivity index (χ1) is 45.2. The van der Waals surface area contributed by atoms with Crippen LogP contribution < -0.4 is 14.2 Å². The van der Waals surface area contributed by atoms with Crippen LogP contribution in [0.4, 0.5) is 0 Å². The van der Waals surface area contributed by atoms with Crippen molar-refractivity contribution in [1.29, 1.82) is 0 Å². The summed E-state index contributed by atoms with van der Waals surface area (Å²) in [4.78, 5) is 18.3. The molecular weight excluding hydrogens is 1210 g/mol. The molecule has 8 bridgehead atoms. The molecule has 0 amide bonds. The molecule has 3 fully saturated rings. The van der Waals surface area contributed by atoms with Gasteiger partial charge >= 0.3 is 0 Å². The molecule has 4 aromatic carbocycles. The van der Waals surface area contributed by atoms with Gasteiger partial charge in [0.1, 0.15) is 110 Å². The number of rotatable bonds is 22. The first-order valence-electron chi connectivity index (χ1n) is 30.4. The van der Waals surface area contributed by atoms with Crippen LogP contribution in [0, 0.1) is 0 Å². The van der Waals surface area contributed by atoms with Gasteiger partial charge in [-0.2, -0.15) is 0 Å². The Kier molecular flexibility index (Phi) is 20.5. The monoisotopic (exact) mass is 1280 g/mol. The lowest BCUT2D eigenvalue weighted by atomic mass is 9.99. The maximum absolute atomic E-state index is 10.5. The fourth-order valence-electron chi connectivity index (χ4n) is 11.8. The third kappa shape index (κ3) is 14.0. The summed E-state index contributed by atoms with van der Waals surface area (Å²) < 4.78 is 51.6. The van der Waals surface area contributed by atoms with Crippen LogP contribution in [0.25, 0.3) is 90.9 Å². The Hall–Kier alpha value is -7.84. The second kappa shape index (κ2) is 29.2. The Morgan fingerprint density at radius 3 is 0.935 bits per heavy atom. The summed E-state index contributed by atoms with van der Waals surface area (Å²) in [5.41, 5.74) is 11.8. The highest BCUT2D eigenvalue weighted by atomic mass is 16.7. The fourth-order valence-corrected chi connectivity index (χ4v) is 11.8. The molecule has 0 unspecified atom stereocenters. The molecule has 3 aromatic heterocycles. The second-order valence-corrected chi connectivity index (χ2v) is 22.7. The van der Waals surface area contributed by atoms with E-state index in [1.807, 2.05) is 127 Å². The molecule has 8 heterocycles. The lowest BCUT2D eigenvalue weighted by Crippen LogP contribution is -2.59. The van der Waals surface area contributed by atoms with Crippen LogP contribution in [0.3, 0.4) is 0 Å². The van der Waals surface area contributed by atoms with E-state index in [-0.39, 0.29) is 39.6 Å². The maximum atomic E-state index is 10.5. The number of ether oxygens (including phenoxy) is 9. The summed E-state index contributed by atoms with van der Waals surface area (Å²) in [5, 5.41) is 122. The Labute approximate surface area is 531 Å². The second-order valence-electron chi connectivity index (χ2n) is 22.7. The van der Waals surface area contributed by atoms with Crippen molar-refractivity contribution in [2.24, 2.45) is 0 Å². The molecule has 25 heteroatoms. The molecule has 490 valence electrons. The van der Waals surface area contributed by atoms with E-state index in [0.717, 1.165) is 55.5 Å². The predicted octanol–water partition coefficient (Wildman–Crippen LogP) is 2.91. The Balaban J connectivity index is 0.904. The van der Waals surface area contributed by atoms with Crippen molar-refractivity contribution >= 4 is 46.4 Å². The van der Waals surface area contributed by atoms with Gasteiger partial charge in [-0.1, -0.05) is 66.7 Å². The van der Waals surface area contributed by atoms with Gasteiger partial charge in [0.05, 0.1) is 62.4 Å². The van der Waals surface area contributed by atoms with Crippen molar-refractivity contribution in [3.63, 3.8) is 0 Å². The number of nitrogens with one attached hydrogen (secondary N) is 2. The molecule has 25 nitrogen and oxygen atoms in total. The molecule has 0 aliphatic carbocycles. The highest BCUT2D eigenvalue weighted by Crippen LogP contribution is 2.40. The molecule has 0 spiro atoms. The van der Waals surface area contributed by atoms with Crippen molar-refractivity contribution < 1.29 is 104 Å². The lowest BCUT2D eigenvalue weighted by molar-refractivity contribution is -0.301. The van der Waals surface area contributed by atoms with Crippen LogP contribution in [-0.2, 0) is 28.4 Å². The summed E-state index contributed by atoms with van der Waals surface area (Å²) in [6, 6.07) is 40.2. The fraction of sp³-hybridized carbons (Fsp3) is 0.353. The third-order valence-corrected chi connectivity index (χ3v) is 16.7. The van der Waals surface area contributed by atoms with E-state index in [1.165, 1.54) is 0 Å². The topological polar surface area (TPSA) is 383 Å². The summed E-state index contributed by atoms with van der Waals surface area (Å²) >= 11 is 0. The number of hydrogen-bond donors (Lipinski definition) is 14. The third-order valence-electron chi connectivity index (χ3n) is 16.7. The molecule has 5 aliphatic heterocycles. The van der Waals surface area contributed by atoms with Crippen LogP contribution in [0.2, 0.25) is 0 Å². The van der Waals surface area contributed by atoms with Gasteiger partial charge in [0, 0.05) is 44.3 Å². The normalized spacial score (nSPS) is 26.9. The minimum Gasteiger partial charge on any atom is -0.491 e. The zero-order valence-corrected chi connectivity index (χ0v) is 49.9. The van der Waals surface area contributed by atoms with Crippen LogP contribution >= 0.6 is 0 Å². The smallest absolute Gasteiger partial charge is 0.186 e. The molecule has 14 N–H and O–H groups in total. The van der Waals surface area contributed by atoms with Crippen molar-refractivity contribution in [2.45, 2.75) is 92.1 Å². The highest BCUT2D eigenvalue weighted by Gasteiger charge is 2.46. The van der Waals surface area contributed by atoms with E-state index in [1.54, 1.807) is 24.3 Å². The lowest BCUT2D eigenvalue weighted by Gasteiger charge is -2.39. The molecule has 0 saturated carbocycles. The van der Waals surface area contributed by atoms with Gasteiger partial charge in [-0.15, -0.1) is 0 Å². The molecule has 3 saturated heterocycles. The van der Waals surface area contributed by atoms with Gasteiger partial charge in [-0.05, 0) is 107 Å². The van der Waals surface area contributed by atoms with E-state index in [2.05, 4.69) is 9.97 Å². The summed E-state index contributed by atoms with van der Waals surface area (Å²) in [6.45, 7) is -1.90. The van der Waals surface area contributed by atoms with Crippen molar-refractivity contribution in [2.75, 3.05) is 59.5 Å². The number of aromatic amines is 2. The minimum atomic E-state index is -1.59. The Bertz CT molecular complexity index is 3900. The number of H-pyrrole nitrogens is 2. The first kappa shape index (κ1) is 65.2. The number of nitrogens with zero attached hydrogens (tertiary/aromatic N) is 2. The van der Waals surface area contributed by atoms with E-state index < -0.39 is 112 Å². The zero-order chi connectivity index (χ0) is 64.9. The molecule has 0 radical (unpaired) electrons. The van der Waals surface area contributed by atoms with Crippen molar-refractivity contribution in [1.82, 2.24) is 19.9 Å². The number of aromatic nitrogens is 4. The summed E-state index contributed by atoms with van der Waals surface area (Å²) in [7, 11) is 0. The SMILES string of the molecule is OC[C@H]1O[C@H](OCCOc2ccc(-c3c4nc(c(-c5ccccc5)c5ccc([nH]5)c(-c5ccc(OCCO[C@H]6O[C@H](CO)[C@@H](O)[C@@H](O)[C@@H]6O)cc5)c5ccc([nH]5)c(-c5ccc(OCCO[C@H]6O[C@H](CO)[C@@H](O)[C@H](O)[C@@H]6O)cc5)c5nc3C=C5)C=C4)cc2)[C@@H](O)[C@@H](O)[C@@H]1O. The molecule has 12 rings (SSSR count). The van der Waals surface area contributed by atoms with E-state index in [0.29, 0.717) is 51.1 Å². The standard InChI is InChI=1S/C68H72N4O21/c73-32-50-57(76)60(79)63(82)66(91-50)88-29-26-85-39-12-6-36(7-13-39)54-44-20-18-42(69-44)53(35-4-2-1-3-5-35)43-19-21-45(70-43)55(37-8-14-40(15-9-37)86-27-30-89-67-64(83)61(80)58(77)51(33-74)92-67)47-23-25-49(72-47)56(48-24-22-46(54)71-48)38-10-16-41(17-11-38)87-28-31-90-68-65(84)62(81)59(78)52(34-75)93-68/h1-25,50-52,57-69,71,73-84H,26-34H2/t50-,51-,52-,57-,58-,59-,60-,61+,62+,63+,64+,65+,66+,67+,68+/m1/s1. The van der Waals surface area contributed by atoms with E-state index >= 15 is 0 Å². The average Bonchev–Trinajstić information content (AvgIpc) is 1.67. The summed E-state index contributed by atoms with van der Waals surface area (Å²) in [5.74, 6) is 1.47. The molecule has 5 aliphatic rings. The number of aliphatic hydroxyl groups excluding tert-OH is 12. The molecule has 93 heavy (non-hydrogen) atoms. The quantitative estimate of drug-likeness (QED) is 0.0434. The van der Waals surface area contributed by atoms with E-state index in [9.17, 15) is 61.3 Å². The summed E-state index contributed by atoms with van der Waals surface area (Å²) in [6.07, 6.45) is -13.5. The van der Waals surface area contributed by atoms with Gasteiger partial charge in [-0.25, -0.2) is 9.97 Å². The van der Waals surface area contributed by atoms with Crippen LogP contribution in [0.1, 0.15) is 22.8 Å². The number of aliphatic hydroxyl groups is 12. The van der Waals surface area contributed by atoms with E-state index in [4.69, 9.17) is 52.6 Å². The van der Waals surface area contributed by atoms with Gasteiger partial charge in [0.25, 0.3) is 0 Å². The Morgan fingerprint density at radius 1 is 0.312 bits per heavy atom. The van der Waals surface area contributed by atoms with Crippen LogP contribution in [0.15, 0.2) is 127 Å². The number of hydrogen-bond acceptors (Lipinski definition) is 23. The van der Waals surface area contributed by atoms with Crippen LogP contribution in [0.5, 0.6) is 17.2 Å². The largest absolute Gasteiger partial charge is 0.491 e. The zero-order valence-electron chi connectivity index (χ0n) is 49.9. The first-order valence-corrected chi connectivity index (χ1v) is 30.4.